The summed E-state index contributed by atoms with van der Waals surface area (Å²) in [5, 5.41) is 0. The number of aryl methyl sites for hydroxylation is 2. The molecule has 1 aliphatic rings. The molecular formula is C11H17N3. The lowest BCUT2D eigenvalue weighted by Crippen LogP contribution is -2.26. The average Bonchev–Trinajstić information content (AvgIpc) is 2.57. The molecule has 0 bridgehead atoms. The van der Waals surface area contributed by atoms with E-state index in [9.17, 15) is 0 Å². The Morgan fingerprint density at radius 2 is 2.21 bits per heavy atom. The van der Waals surface area contributed by atoms with Crippen LogP contribution >= 0.6 is 0 Å². The van der Waals surface area contributed by atoms with Crippen LogP contribution in [0.3, 0.4) is 0 Å². The molecule has 2 N–H and O–H groups in total. The molecule has 3 heteroatoms. The normalized spacial score (nSPS) is 21.6. The van der Waals surface area contributed by atoms with Gasteiger partial charge in [0.2, 0.25) is 0 Å². The lowest BCUT2D eigenvalue weighted by atomic mass is 10.2. The highest BCUT2D eigenvalue weighted by Gasteiger charge is 2.20. The number of hydrogen-bond acceptors (Lipinski definition) is 3. The van der Waals surface area contributed by atoms with Gasteiger partial charge in [0.1, 0.15) is 5.82 Å². The van der Waals surface area contributed by atoms with E-state index < -0.39 is 0 Å². The first-order valence-electron chi connectivity index (χ1n) is 5.11. The van der Waals surface area contributed by atoms with Crippen molar-refractivity contribution in [1.29, 1.82) is 0 Å². The molecule has 0 saturated carbocycles. The molecule has 1 aromatic rings. The van der Waals surface area contributed by atoms with E-state index in [1.54, 1.807) is 0 Å². The van der Waals surface area contributed by atoms with Crippen LogP contribution in [0, 0.1) is 13.8 Å². The van der Waals surface area contributed by atoms with Gasteiger partial charge in [0.05, 0.1) is 0 Å². The third kappa shape index (κ3) is 1.73. The Bertz CT molecular complexity index is 335. The van der Waals surface area contributed by atoms with E-state index >= 15 is 0 Å². The Hall–Kier alpha value is -1.09. The number of nitrogens with two attached hydrogens (primary N) is 1. The highest BCUT2D eigenvalue weighted by Crippen LogP contribution is 2.18. The summed E-state index contributed by atoms with van der Waals surface area (Å²) in [7, 11) is 0. The second-order valence-corrected chi connectivity index (χ2v) is 4.07. The second kappa shape index (κ2) is 3.58. The van der Waals surface area contributed by atoms with Crippen LogP contribution in [0.4, 0.5) is 5.82 Å². The van der Waals surface area contributed by atoms with Crippen molar-refractivity contribution in [1.82, 2.24) is 4.98 Å². The van der Waals surface area contributed by atoms with Crippen LogP contribution in [-0.4, -0.2) is 24.1 Å². The monoisotopic (exact) mass is 191 g/mol. The number of nitrogens with zero attached hydrogens (tertiary/aromatic N) is 2. The topological polar surface area (TPSA) is 42.1 Å². The fourth-order valence-electron chi connectivity index (χ4n) is 1.79. The van der Waals surface area contributed by atoms with Crippen molar-refractivity contribution in [2.45, 2.75) is 26.3 Å². The molecule has 76 valence electrons. The van der Waals surface area contributed by atoms with Crippen LogP contribution < -0.4 is 10.6 Å². The fraction of sp³-hybridized carbons (Fsp3) is 0.545. The Balaban J connectivity index is 2.20. The van der Waals surface area contributed by atoms with Crippen molar-refractivity contribution in [3.63, 3.8) is 0 Å². The Morgan fingerprint density at radius 1 is 1.43 bits per heavy atom. The summed E-state index contributed by atoms with van der Waals surface area (Å²) in [5.41, 5.74) is 8.22. The minimum Gasteiger partial charge on any atom is -0.355 e. The molecular weight excluding hydrogens is 174 g/mol. The predicted octanol–water partition coefficient (Wildman–Crippen LogP) is 1.24. The van der Waals surface area contributed by atoms with Gasteiger partial charge in [-0.15, -0.1) is 0 Å². The first-order valence-corrected chi connectivity index (χ1v) is 5.11. The van der Waals surface area contributed by atoms with Gasteiger partial charge in [-0.05, 0) is 31.9 Å². The molecule has 0 spiro atoms. The number of rotatable bonds is 1. The molecule has 1 aromatic heterocycles. The van der Waals surface area contributed by atoms with Gasteiger partial charge in [0.25, 0.3) is 0 Å². The van der Waals surface area contributed by atoms with Gasteiger partial charge in [0, 0.05) is 24.8 Å². The maximum atomic E-state index is 5.86. The van der Waals surface area contributed by atoms with Crippen molar-refractivity contribution in [3.05, 3.63) is 23.4 Å². The van der Waals surface area contributed by atoms with Crippen LogP contribution in [0.15, 0.2) is 12.1 Å². The van der Waals surface area contributed by atoms with Crippen molar-refractivity contribution < 1.29 is 0 Å². The molecule has 2 rings (SSSR count). The highest BCUT2D eigenvalue weighted by molar-refractivity contribution is 5.42. The summed E-state index contributed by atoms with van der Waals surface area (Å²) in [6.07, 6.45) is 1.08. The molecule has 3 nitrogen and oxygen atoms in total. The number of aromatic nitrogens is 1. The summed E-state index contributed by atoms with van der Waals surface area (Å²) in [6, 6.07) is 4.53. The SMILES string of the molecule is Cc1ccc(N2CCC(N)C2)nc1C. The van der Waals surface area contributed by atoms with Gasteiger partial charge >= 0.3 is 0 Å². The van der Waals surface area contributed by atoms with Gasteiger partial charge < -0.3 is 10.6 Å². The first-order chi connectivity index (χ1) is 6.66. The molecule has 1 atom stereocenters. The van der Waals surface area contributed by atoms with Crippen LogP contribution in [0.25, 0.3) is 0 Å². The number of hydrogen-bond donors (Lipinski definition) is 1. The Morgan fingerprint density at radius 3 is 2.79 bits per heavy atom. The van der Waals surface area contributed by atoms with E-state index in [-0.39, 0.29) is 0 Å². The van der Waals surface area contributed by atoms with Gasteiger partial charge in [-0.1, -0.05) is 6.07 Å². The third-order valence-corrected chi connectivity index (χ3v) is 2.88. The second-order valence-electron chi connectivity index (χ2n) is 4.07. The summed E-state index contributed by atoms with van der Waals surface area (Å²) in [4.78, 5) is 6.82. The number of pyridine rings is 1. The molecule has 2 heterocycles. The summed E-state index contributed by atoms with van der Waals surface area (Å²) in [5.74, 6) is 1.07. The minimum absolute atomic E-state index is 0.318. The van der Waals surface area contributed by atoms with E-state index in [1.165, 1.54) is 5.56 Å². The van der Waals surface area contributed by atoms with Gasteiger partial charge in [-0.2, -0.15) is 0 Å². The van der Waals surface area contributed by atoms with Gasteiger partial charge in [0.15, 0.2) is 0 Å². The first kappa shape index (κ1) is 9.46. The summed E-state index contributed by atoms with van der Waals surface area (Å²) < 4.78 is 0. The van der Waals surface area contributed by atoms with Crippen molar-refractivity contribution in [2.75, 3.05) is 18.0 Å². The Kier molecular flexibility index (Phi) is 2.42. The van der Waals surface area contributed by atoms with Crippen LogP contribution in [-0.2, 0) is 0 Å². The standard InChI is InChI=1S/C11H17N3/c1-8-3-4-11(13-9(8)2)14-6-5-10(12)7-14/h3-4,10H,5-7,12H2,1-2H3. The quantitative estimate of drug-likeness (QED) is 0.726. The van der Waals surface area contributed by atoms with Crippen molar-refractivity contribution >= 4 is 5.82 Å². The molecule has 14 heavy (non-hydrogen) atoms. The predicted molar refractivity (Wildman–Crippen MR) is 58.5 cm³/mol. The van der Waals surface area contributed by atoms with Crippen LogP contribution in [0.1, 0.15) is 17.7 Å². The Labute approximate surface area is 84.9 Å². The average molecular weight is 191 g/mol. The smallest absolute Gasteiger partial charge is 0.128 e. The maximum Gasteiger partial charge on any atom is 0.128 e. The van der Waals surface area contributed by atoms with Crippen LogP contribution in [0.2, 0.25) is 0 Å². The van der Waals surface area contributed by atoms with Crippen LogP contribution in [0.5, 0.6) is 0 Å². The molecule has 0 aliphatic carbocycles. The lowest BCUT2D eigenvalue weighted by molar-refractivity contribution is 0.751. The zero-order chi connectivity index (χ0) is 10.1. The molecule has 1 aliphatic heterocycles. The molecule has 0 amide bonds. The van der Waals surface area contributed by atoms with E-state index in [0.717, 1.165) is 31.0 Å². The molecule has 0 radical (unpaired) electrons. The molecule has 1 saturated heterocycles. The molecule has 0 aromatic carbocycles. The maximum absolute atomic E-state index is 5.86. The van der Waals surface area contributed by atoms with E-state index in [1.807, 2.05) is 0 Å². The number of anilines is 1. The molecule has 1 fully saturated rings. The van der Waals surface area contributed by atoms with Crippen molar-refractivity contribution in [2.24, 2.45) is 5.73 Å². The fourth-order valence-corrected chi connectivity index (χ4v) is 1.79. The highest BCUT2D eigenvalue weighted by atomic mass is 15.2. The lowest BCUT2D eigenvalue weighted by Gasteiger charge is -2.17. The zero-order valence-corrected chi connectivity index (χ0v) is 8.83. The van der Waals surface area contributed by atoms with Gasteiger partial charge in [-0.3, -0.25) is 0 Å². The minimum atomic E-state index is 0.318. The third-order valence-electron chi connectivity index (χ3n) is 2.88. The summed E-state index contributed by atoms with van der Waals surface area (Å²) >= 11 is 0. The van der Waals surface area contributed by atoms with E-state index in [2.05, 4.69) is 35.9 Å². The summed E-state index contributed by atoms with van der Waals surface area (Å²) in [6.45, 7) is 6.11. The van der Waals surface area contributed by atoms with E-state index in [4.69, 9.17) is 5.73 Å². The van der Waals surface area contributed by atoms with Gasteiger partial charge in [-0.25, -0.2) is 4.98 Å². The molecule has 1 unspecified atom stereocenters. The van der Waals surface area contributed by atoms with Crippen molar-refractivity contribution in [3.8, 4) is 0 Å². The largest absolute Gasteiger partial charge is 0.355 e. The zero-order valence-electron chi connectivity index (χ0n) is 8.83. The van der Waals surface area contributed by atoms with E-state index in [0.29, 0.717) is 6.04 Å².